The highest BCUT2D eigenvalue weighted by Gasteiger charge is 2.27. The van der Waals surface area contributed by atoms with Crippen LogP contribution in [0.1, 0.15) is 16.7 Å². The molecule has 0 spiro atoms. The molecule has 2 rings (SSSR count). The Balaban J connectivity index is 2.64. The van der Waals surface area contributed by atoms with Gasteiger partial charge in [-0.1, -0.05) is 23.8 Å². The second-order valence-corrected chi connectivity index (χ2v) is 7.73. The summed E-state index contributed by atoms with van der Waals surface area (Å²) in [7, 11) is -2.63. The number of benzene rings is 2. The molecule has 0 aromatic heterocycles. The van der Waals surface area contributed by atoms with Crippen molar-refractivity contribution < 1.29 is 17.5 Å². The molecule has 2 aromatic rings. The highest BCUT2D eigenvalue weighted by Crippen LogP contribution is 2.32. The molecule has 0 atom stereocenters. The molecule has 0 radical (unpaired) electrons. The van der Waals surface area contributed by atoms with E-state index in [4.69, 9.17) is 4.74 Å². The van der Waals surface area contributed by atoms with Gasteiger partial charge in [-0.05, 0) is 50.1 Å². The predicted octanol–water partition coefficient (Wildman–Crippen LogP) is 4.14. The summed E-state index contributed by atoms with van der Waals surface area (Å²) in [6.45, 7) is 9.41. The molecule has 6 heteroatoms. The lowest BCUT2D eigenvalue weighted by Crippen LogP contribution is -2.32. The Morgan fingerprint density at radius 2 is 1.76 bits per heavy atom. The van der Waals surface area contributed by atoms with Crippen LogP contribution in [0.2, 0.25) is 0 Å². The van der Waals surface area contributed by atoms with Crippen LogP contribution >= 0.6 is 0 Å². The van der Waals surface area contributed by atoms with Crippen LogP contribution in [0.15, 0.2) is 47.9 Å². The molecule has 0 aliphatic rings. The van der Waals surface area contributed by atoms with E-state index in [2.05, 4.69) is 6.58 Å². The van der Waals surface area contributed by atoms with Crippen LogP contribution < -0.4 is 9.04 Å². The Hall–Kier alpha value is -2.34. The van der Waals surface area contributed by atoms with Gasteiger partial charge >= 0.3 is 0 Å². The molecule has 134 valence electrons. The quantitative estimate of drug-likeness (QED) is 0.725. The van der Waals surface area contributed by atoms with Crippen molar-refractivity contribution in [2.24, 2.45) is 0 Å². The topological polar surface area (TPSA) is 46.6 Å². The van der Waals surface area contributed by atoms with Crippen molar-refractivity contribution in [2.45, 2.75) is 25.7 Å². The van der Waals surface area contributed by atoms with Gasteiger partial charge < -0.3 is 4.74 Å². The highest BCUT2D eigenvalue weighted by molar-refractivity contribution is 7.92. The third kappa shape index (κ3) is 3.69. The van der Waals surface area contributed by atoms with Gasteiger partial charge in [0.2, 0.25) is 0 Å². The van der Waals surface area contributed by atoms with Crippen LogP contribution in [0.4, 0.5) is 10.1 Å². The van der Waals surface area contributed by atoms with E-state index in [1.165, 1.54) is 29.6 Å². The van der Waals surface area contributed by atoms with Crippen LogP contribution in [0, 0.1) is 26.6 Å². The van der Waals surface area contributed by atoms with E-state index in [-0.39, 0.29) is 17.2 Å². The molecule has 0 saturated heterocycles. The predicted molar refractivity (Wildman–Crippen MR) is 98.3 cm³/mol. The summed E-state index contributed by atoms with van der Waals surface area (Å²) in [6.07, 6.45) is 1.51. The zero-order chi connectivity index (χ0) is 18.8. The van der Waals surface area contributed by atoms with Gasteiger partial charge in [-0.15, -0.1) is 6.58 Å². The summed E-state index contributed by atoms with van der Waals surface area (Å²) in [6, 6.07) is 7.46. The number of methoxy groups -OCH3 is 1. The fourth-order valence-electron chi connectivity index (χ4n) is 2.93. The summed E-state index contributed by atoms with van der Waals surface area (Å²) < 4.78 is 46.4. The summed E-state index contributed by atoms with van der Waals surface area (Å²) in [5.41, 5.74) is 3.29. The number of anilines is 1. The number of ether oxygens (including phenoxy) is 1. The van der Waals surface area contributed by atoms with E-state index in [1.807, 2.05) is 32.9 Å². The SMILES string of the molecule is C=CCN(c1c(C)cc(C)cc1C)S(=O)(=O)c1ccc(OC)c(F)c1. The number of halogens is 1. The van der Waals surface area contributed by atoms with Crippen molar-refractivity contribution in [1.29, 1.82) is 0 Å². The Morgan fingerprint density at radius 3 is 2.24 bits per heavy atom. The number of hydrogen-bond acceptors (Lipinski definition) is 3. The lowest BCUT2D eigenvalue weighted by Gasteiger charge is -2.27. The number of hydrogen-bond donors (Lipinski definition) is 0. The first kappa shape index (κ1) is 19.0. The molecule has 0 amide bonds. The molecule has 0 unspecified atom stereocenters. The van der Waals surface area contributed by atoms with E-state index in [1.54, 1.807) is 0 Å². The Morgan fingerprint density at radius 1 is 1.16 bits per heavy atom. The van der Waals surface area contributed by atoms with Gasteiger partial charge in [0.15, 0.2) is 11.6 Å². The van der Waals surface area contributed by atoms with Gasteiger partial charge in [0, 0.05) is 0 Å². The monoisotopic (exact) mass is 363 g/mol. The van der Waals surface area contributed by atoms with Crippen molar-refractivity contribution >= 4 is 15.7 Å². The second-order valence-electron chi connectivity index (χ2n) is 5.87. The van der Waals surface area contributed by atoms with E-state index in [9.17, 15) is 12.8 Å². The molecule has 25 heavy (non-hydrogen) atoms. The van der Waals surface area contributed by atoms with Crippen molar-refractivity contribution in [2.75, 3.05) is 18.0 Å². The average molecular weight is 363 g/mol. The first-order valence-electron chi connectivity index (χ1n) is 7.77. The number of aryl methyl sites for hydroxylation is 3. The molecule has 0 bridgehead atoms. The zero-order valence-electron chi connectivity index (χ0n) is 14.8. The summed E-state index contributed by atoms with van der Waals surface area (Å²) >= 11 is 0. The fraction of sp³-hybridized carbons (Fsp3) is 0.263. The molecule has 0 fully saturated rings. The van der Waals surface area contributed by atoms with E-state index in [0.29, 0.717) is 5.69 Å². The molecule has 0 heterocycles. The van der Waals surface area contributed by atoms with E-state index < -0.39 is 15.8 Å². The number of rotatable bonds is 6. The van der Waals surface area contributed by atoms with Gasteiger partial charge in [0.05, 0.1) is 24.2 Å². The summed E-state index contributed by atoms with van der Waals surface area (Å²) in [4.78, 5) is -0.132. The molecule has 0 aliphatic carbocycles. The third-order valence-electron chi connectivity index (χ3n) is 3.89. The van der Waals surface area contributed by atoms with Crippen molar-refractivity contribution in [3.05, 3.63) is 65.5 Å². The van der Waals surface area contributed by atoms with Crippen molar-refractivity contribution in [3.63, 3.8) is 0 Å². The van der Waals surface area contributed by atoms with Crippen LogP contribution in [0.25, 0.3) is 0 Å². The molecular weight excluding hydrogens is 341 g/mol. The second kappa shape index (κ2) is 7.27. The maximum absolute atomic E-state index is 14.0. The number of nitrogens with zero attached hydrogens (tertiary/aromatic N) is 1. The largest absolute Gasteiger partial charge is 0.494 e. The summed E-state index contributed by atoms with van der Waals surface area (Å²) in [5.74, 6) is -0.726. The molecule has 2 aromatic carbocycles. The van der Waals surface area contributed by atoms with Crippen LogP contribution in [0.3, 0.4) is 0 Å². The average Bonchev–Trinajstić information content (AvgIpc) is 2.53. The minimum Gasteiger partial charge on any atom is -0.494 e. The Kier molecular flexibility index (Phi) is 5.52. The lowest BCUT2D eigenvalue weighted by atomic mass is 10.1. The fourth-order valence-corrected chi connectivity index (χ4v) is 4.50. The van der Waals surface area contributed by atoms with Gasteiger partial charge in [-0.3, -0.25) is 4.31 Å². The molecule has 4 nitrogen and oxygen atoms in total. The molecule has 0 N–H and O–H groups in total. The standard InChI is InChI=1S/C19H22FNO3S/c1-6-9-21(19-14(3)10-13(2)11-15(19)4)25(22,23)16-7-8-18(24-5)17(20)12-16/h6-8,10-12H,1,9H2,2-5H3. The first-order chi connectivity index (χ1) is 11.7. The smallest absolute Gasteiger partial charge is 0.264 e. The molecule has 0 saturated carbocycles. The van der Waals surface area contributed by atoms with Gasteiger partial charge in [-0.25, -0.2) is 12.8 Å². The van der Waals surface area contributed by atoms with Gasteiger partial charge in [0.25, 0.3) is 10.0 Å². The van der Waals surface area contributed by atoms with Crippen LogP contribution in [-0.2, 0) is 10.0 Å². The van der Waals surface area contributed by atoms with E-state index in [0.717, 1.165) is 22.8 Å². The minimum atomic E-state index is -3.96. The molecular formula is C19H22FNO3S. The van der Waals surface area contributed by atoms with Crippen LogP contribution in [-0.4, -0.2) is 22.1 Å². The normalized spacial score (nSPS) is 11.2. The van der Waals surface area contributed by atoms with Crippen molar-refractivity contribution in [3.8, 4) is 5.75 Å². The summed E-state index contributed by atoms with van der Waals surface area (Å²) in [5, 5.41) is 0. The first-order valence-corrected chi connectivity index (χ1v) is 9.21. The van der Waals surface area contributed by atoms with Crippen LogP contribution in [0.5, 0.6) is 5.75 Å². The van der Waals surface area contributed by atoms with E-state index >= 15 is 0 Å². The van der Waals surface area contributed by atoms with Gasteiger partial charge in [0.1, 0.15) is 0 Å². The Bertz CT molecular complexity index is 884. The van der Waals surface area contributed by atoms with Crippen molar-refractivity contribution in [1.82, 2.24) is 0 Å². The maximum atomic E-state index is 14.0. The lowest BCUT2D eigenvalue weighted by molar-refractivity contribution is 0.385. The zero-order valence-corrected chi connectivity index (χ0v) is 15.7. The molecule has 0 aliphatic heterocycles. The Labute approximate surface area is 148 Å². The maximum Gasteiger partial charge on any atom is 0.264 e. The third-order valence-corrected chi connectivity index (χ3v) is 5.65. The minimum absolute atomic E-state index is 0.00285. The number of sulfonamides is 1. The van der Waals surface area contributed by atoms with Gasteiger partial charge in [-0.2, -0.15) is 0 Å². The highest BCUT2D eigenvalue weighted by atomic mass is 32.2.